The van der Waals surface area contributed by atoms with Crippen LogP contribution in [0.4, 0.5) is 0 Å². The molecule has 0 saturated carbocycles. The highest BCUT2D eigenvalue weighted by atomic mass is 35.5. The number of carboxylic acids is 1. The van der Waals surface area contributed by atoms with Crippen LogP contribution in [0.25, 0.3) is 0 Å². The summed E-state index contributed by atoms with van der Waals surface area (Å²) in [7, 11) is 0. The van der Waals surface area contributed by atoms with Crippen LogP contribution in [-0.2, 0) is 16.0 Å². The van der Waals surface area contributed by atoms with E-state index in [-0.39, 0.29) is 66.3 Å². The van der Waals surface area contributed by atoms with Crippen molar-refractivity contribution in [2.45, 2.75) is 25.3 Å². The van der Waals surface area contributed by atoms with Gasteiger partial charge in [-0.3, -0.25) is 14.4 Å². The quantitative estimate of drug-likeness (QED) is 0.188. The van der Waals surface area contributed by atoms with Crippen LogP contribution in [-0.4, -0.2) is 47.1 Å². The molecule has 0 heterocycles. The number of halogens is 2. The van der Waals surface area contributed by atoms with Gasteiger partial charge in [0.15, 0.2) is 5.78 Å². The average molecular weight is 552 g/mol. The Hall–Kier alpha value is -3.59. The number of carbonyl (C=O) groups excluding carboxylic acids is 3. The predicted octanol–water partition coefficient (Wildman–Crippen LogP) is 2.45. The number of nitrogens with zero attached hydrogens (tertiary/aromatic N) is 2. The fourth-order valence-corrected chi connectivity index (χ4v) is 3.58. The number of nitriles is 1. The van der Waals surface area contributed by atoms with Gasteiger partial charge in [0.1, 0.15) is 11.9 Å². The van der Waals surface area contributed by atoms with Gasteiger partial charge in [0, 0.05) is 18.4 Å². The lowest BCUT2D eigenvalue weighted by Crippen LogP contribution is -2.41. The van der Waals surface area contributed by atoms with Gasteiger partial charge in [-0.15, -0.1) is 0 Å². The van der Waals surface area contributed by atoms with Gasteiger partial charge in [-0.05, 0) is 36.2 Å². The summed E-state index contributed by atoms with van der Waals surface area (Å²) in [5, 5.41) is 22.8. The minimum absolute atomic E-state index is 0. The second kappa shape index (κ2) is 14.7. The fourth-order valence-electron chi connectivity index (χ4n) is 3.01. The molecule has 190 valence electrons. The van der Waals surface area contributed by atoms with Crippen molar-refractivity contribution in [1.82, 2.24) is 10.6 Å². The van der Waals surface area contributed by atoms with Crippen LogP contribution in [0.5, 0.6) is 0 Å². The Morgan fingerprint density at radius 3 is 2.33 bits per heavy atom. The average Bonchev–Trinajstić information content (AvgIpc) is 2.80. The van der Waals surface area contributed by atoms with Crippen LogP contribution < -0.4 is 16.4 Å². The number of hydrogen-bond donors (Lipinski definition) is 4. The highest BCUT2D eigenvalue weighted by Gasteiger charge is 2.24. The van der Waals surface area contributed by atoms with Gasteiger partial charge in [-0.25, -0.2) is 4.79 Å². The topological polar surface area (TPSA) is 175 Å². The lowest BCUT2D eigenvalue weighted by atomic mass is 10.1. The van der Waals surface area contributed by atoms with Crippen LogP contribution in [0.15, 0.2) is 47.5 Å². The Bertz CT molecular complexity index is 1200. The fraction of sp³-hybridized carbons (Fsp3) is 0.217. The number of carboxylic acid groups (broad SMARTS) is 1. The molecule has 0 radical (unpaired) electrons. The number of rotatable bonds is 11. The molecule has 2 amide bonds. The minimum atomic E-state index is -1.37. The summed E-state index contributed by atoms with van der Waals surface area (Å²) in [6, 6.07) is 9.47. The highest BCUT2D eigenvalue weighted by Crippen LogP contribution is 2.24. The zero-order valence-electron chi connectivity index (χ0n) is 18.8. The van der Waals surface area contributed by atoms with E-state index in [1.807, 2.05) is 0 Å². The second-order valence-electron chi connectivity index (χ2n) is 7.30. The summed E-state index contributed by atoms with van der Waals surface area (Å²) in [6.07, 6.45) is 1.34. The van der Waals surface area contributed by atoms with Crippen molar-refractivity contribution in [1.29, 1.82) is 5.26 Å². The maximum atomic E-state index is 12.4. The van der Waals surface area contributed by atoms with E-state index in [1.165, 1.54) is 24.3 Å². The standard InChI is InChI=1S/C23H21Cl2N5O5.H2S/c24-16-5-2-6-17(25)20(16)22(33)30-18(23(34)35)8-7-15(31)11-28-21(32)14-4-1-3-13(9-14)10-19(27)29-12-26;/h1-6,9,18H,7-8,10-11H2,(H2,27,29)(H,28,32)(H,30,33)(H,34,35);1H2/t18-;/m0./s1. The van der Waals surface area contributed by atoms with E-state index in [0.717, 1.165) is 0 Å². The Morgan fingerprint density at radius 1 is 1.08 bits per heavy atom. The molecule has 0 aliphatic heterocycles. The minimum Gasteiger partial charge on any atom is -0.480 e. The summed E-state index contributed by atoms with van der Waals surface area (Å²) in [4.78, 5) is 52.0. The van der Waals surface area contributed by atoms with E-state index >= 15 is 0 Å². The summed E-state index contributed by atoms with van der Waals surface area (Å²) in [5.41, 5.74) is 6.46. The van der Waals surface area contributed by atoms with Gasteiger partial charge in [-0.1, -0.05) is 41.4 Å². The third-order valence-corrected chi connectivity index (χ3v) is 5.35. The first-order valence-electron chi connectivity index (χ1n) is 10.2. The number of hydrogen-bond acceptors (Lipinski definition) is 6. The SMILES string of the molecule is N#CN=C(N)Cc1cccc(C(=O)NCC(=O)CC[C@H](NC(=O)c2c(Cl)cccc2Cl)C(=O)O)c1.S. The van der Waals surface area contributed by atoms with Crippen molar-refractivity contribution in [2.75, 3.05) is 6.54 Å². The molecule has 0 aliphatic carbocycles. The van der Waals surface area contributed by atoms with E-state index < -0.39 is 29.6 Å². The summed E-state index contributed by atoms with van der Waals surface area (Å²) < 4.78 is 0. The highest BCUT2D eigenvalue weighted by molar-refractivity contribution is 7.59. The molecular weight excluding hydrogens is 529 g/mol. The molecule has 0 fully saturated rings. The smallest absolute Gasteiger partial charge is 0.326 e. The van der Waals surface area contributed by atoms with Crippen LogP contribution in [0.3, 0.4) is 0 Å². The van der Waals surface area contributed by atoms with Crippen molar-refractivity contribution in [3.8, 4) is 6.19 Å². The van der Waals surface area contributed by atoms with Crippen molar-refractivity contribution >= 4 is 66.1 Å². The summed E-state index contributed by atoms with van der Waals surface area (Å²) >= 11 is 11.9. The molecule has 13 heteroatoms. The lowest BCUT2D eigenvalue weighted by molar-refractivity contribution is -0.139. The van der Waals surface area contributed by atoms with Gasteiger partial charge in [0.25, 0.3) is 11.8 Å². The monoisotopic (exact) mass is 551 g/mol. The molecule has 5 N–H and O–H groups in total. The van der Waals surface area contributed by atoms with Crippen LogP contribution >= 0.6 is 36.7 Å². The summed E-state index contributed by atoms with van der Waals surface area (Å²) in [6.45, 7) is -0.336. The van der Waals surface area contributed by atoms with E-state index in [4.69, 9.17) is 34.2 Å². The molecule has 36 heavy (non-hydrogen) atoms. The zero-order valence-corrected chi connectivity index (χ0v) is 21.3. The number of amides is 2. The van der Waals surface area contributed by atoms with Gasteiger partial charge in [-0.2, -0.15) is 23.7 Å². The van der Waals surface area contributed by atoms with Gasteiger partial charge in [0.05, 0.1) is 22.2 Å². The van der Waals surface area contributed by atoms with Gasteiger partial charge < -0.3 is 21.5 Å². The number of aliphatic imine (C=N–C) groups is 1. The number of nitrogens with one attached hydrogen (secondary N) is 2. The van der Waals surface area contributed by atoms with Crippen molar-refractivity contribution < 1.29 is 24.3 Å². The molecule has 2 aromatic carbocycles. The molecule has 1 atom stereocenters. The number of Topliss-reactive ketones (excluding diaryl/α,β-unsaturated/α-hetero) is 1. The molecule has 0 aromatic heterocycles. The zero-order chi connectivity index (χ0) is 26.0. The third-order valence-electron chi connectivity index (χ3n) is 4.72. The number of aliphatic carboxylic acids is 1. The molecular formula is C23H23Cl2N5O5S. The molecule has 0 bridgehead atoms. The largest absolute Gasteiger partial charge is 0.480 e. The van der Waals surface area contributed by atoms with Crippen molar-refractivity contribution in [3.05, 3.63) is 69.2 Å². The third kappa shape index (κ3) is 9.22. The number of benzene rings is 2. The van der Waals surface area contributed by atoms with E-state index in [1.54, 1.807) is 24.4 Å². The van der Waals surface area contributed by atoms with Crippen LogP contribution in [0.1, 0.15) is 39.1 Å². The lowest BCUT2D eigenvalue weighted by Gasteiger charge is -2.15. The first-order valence-corrected chi connectivity index (χ1v) is 11.0. The Labute approximate surface area is 223 Å². The second-order valence-corrected chi connectivity index (χ2v) is 8.12. The molecule has 2 aromatic rings. The normalized spacial score (nSPS) is 11.4. The van der Waals surface area contributed by atoms with Gasteiger partial charge in [0.2, 0.25) is 6.19 Å². The first-order chi connectivity index (χ1) is 16.6. The van der Waals surface area contributed by atoms with Crippen molar-refractivity contribution in [2.24, 2.45) is 10.7 Å². The molecule has 0 spiro atoms. The van der Waals surface area contributed by atoms with E-state index in [0.29, 0.717) is 5.56 Å². The van der Waals surface area contributed by atoms with Crippen molar-refractivity contribution in [3.63, 3.8) is 0 Å². The molecule has 2 rings (SSSR count). The predicted molar refractivity (Wildman–Crippen MR) is 140 cm³/mol. The number of nitrogens with two attached hydrogens (primary N) is 1. The maximum absolute atomic E-state index is 12.4. The first kappa shape index (κ1) is 30.4. The van der Waals surface area contributed by atoms with E-state index in [2.05, 4.69) is 15.6 Å². The Kier molecular flexibility index (Phi) is 12.5. The molecule has 0 saturated heterocycles. The molecule has 10 nitrogen and oxygen atoms in total. The van der Waals surface area contributed by atoms with Crippen LogP contribution in [0.2, 0.25) is 10.0 Å². The maximum Gasteiger partial charge on any atom is 0.326 e. The Morgan fingerprint density at radius 2 is 1.72 bits per heavy atom. The van der Waals surface area contributed by atoms with Gasteiger partial charge >= 0.3 is 5.97 Å². The number of amidine groups is 1. The molecule has 0 unspecified atom stereocenters. The number of carbonyl (C=O) groups is 4. The summed E-state index contributed by atoms with van der Waals surface area (Å²) in [5.74, 6) is -2.98. The Balaban J connectivity index is 0.00000648. The molecule has 0 aliphatic rings. The number of ketones is 1. The van der Waals surface area contributed by atoms with E-state index in [9.17, 15) is 24.3 Å². The van der Waals surface area contributed by atoms with Crippen LogP contribution in [0, 0.1) is 11.5 Å².